The molecule has 1 aromatic heterocycles. The molecular weight excluding hydrogens is 328 g/mol. The van der Waals surface area contributed by atoms with E-state index in [0.717, 1.165) is 29.4 Å². The first-order valence-corrected chi connectivity index (χ1v) is 8.76. The monoisotopic (exact) mass is 352 g/mol. The Labute approximate surface area is 146 Å². The Hall–Kier alpha value is -1.64. The van der Waals surface area contributed by atoms with Gasteiger partial charge in [0.05, 0.1) is 22.6 Å². The average Bonchev–Trinajstić information content (AvgIpc) is 2.98. The summed E-state index contributed by atoms with van der Waals surface area (Å²) in [6.45, 7) is 4.37. The van der Waals surface area contributed by atoms with Crippen LogP contribution in [0.4, 0.5) is 5.82 Å². The van der Waals surface area contributed by atoms with Crippen molar-refractivity contribution >= 4 is 17.6 Å². The van der Waals surface area contributed by atoms with E-state index in [2.05, 4.69) is 9.88 Å². The van der Waals surface area contributed by atoms with E-state index in [1.165, 1.54) is 11.8 Å². The van der Waals surface area contributed by atoms with Gasteiger partial charge in [-0.1, -0.05) is 11.8 Å². The summed E-state index contributed by atoms with van der Waals surface area (Å²) >= 11 is 1.42. The van der Waals surface area contributed by atoms with Crippen LogP contribution in [0.15, 0.2) is 27.9 Å². The minimum absolute atomic E-state index is 0.331. The number of anilines is 1. The number of fused-ring (bicyclic) bond motifs is 3. The first-order valence-electron chi connectivity index (χ1n) is 7.95. The molecule has 4 N–H and O–H groups in total. The van der Waals surface area contributed by atoms with Gasteiger partial charge >= 0.3 is 0 Å². The van der Waals surface area contributed by atoms with Gasteiger partial charge in [-0.2, -0.15) is 0 Å². The van der Waals surface area contributed by atoms with Crippen molar-refractivity contribution in [1.82, 2.24) is 4.98 Å². The smallest absolute Gasteiger partial charge is 0.175 e. The highest BCUT2D eigenvalue weighted by Gasteiger charge is 2.38. The number of hydrogen-bond donors (Lipinski definition) is 2. The lowest BCUT2D eigenvalue weighted by molar-refractivity contribution is -0.0414. The van der Waals surface area contributed by atoms with E-state index in [1.807, 2.05) is 6.07 Å². The van der Waals surface area contributed by atoms with E-state index in [9.17, 15) is 0 Å². The van der Waals surface area contributed by atoms with E-state index in [0.29, 0.717) is 42.7 Å². The predicted molar refractivity (Wildman–Crippen MR) is 93.7 cm³/mol. The molecule has 7 nitrogen and oxygen atoms in total. The minimum Gasteiger partial charge on any atom is -0.486 e. The van der Waals surface area contributed by atoms with Crippen LogP contribution < -0.4 is 21.1 Å². The number of methoxy groups -OCH3 is 1. The number of nitrogens with zero attached hydrogens (tertiary/aromatic N) is 2. The molecule has 1 fully saturated rings. The Balaban J connectivity index is 1.76. The van der Waals surface area contributed by atoms with Gasteiger partial charge in [0, 0.05) is 31.5 Å². The summed E-state index contributed by atoms with van der Waals surface area (Å²) < 4.78 is 16.5. The Bertz CT molecular complexity index is 621. The first-order chi connectivity index (χ1) is 11.6. The maximum Gasteiger partial charge on any atom is 0.175 e. The topological polar surface area (TPSA) is 95.9 Å². The molecular formula is C16H24N4O3S. The first kappa shape index (κ1) is 17.2. The van der Waals surface area contributed by atoms with Crippen molar-refractivity contribution in [3.63, 3.8) is 0 Å². The molecule has 0 amide bonds. The molecule has 2 aliphatic rings. The zero-order valence-corrected chi connectivity index (χ0v) is 14.8. The highest BCUT2D eigenvalue weighted by molar-refractivity contribution is 8.03. The van der Waals surface area contributed by atoms with Crippen LogP contribution in [0.1, 0.15) is 13.3 Å². The molecule has 132 valence electrons. The molecule has 1 unspecified atom stereocenters. The van der Waals surface area contributed by atoms with E-state index >= 15 is 0 Å². The van der Waals surface area contributed by atoms with Gasteiger partial charge in [0.25, 0.3) is 0 Å². The van der Waals surface area contributed by atoms with Gasteiger partial charge in [0.1, 0.15) is 13.4 Å². The molecule has 0 saturated carbocycles. The summed E-state index contributed by atoms with van der Waals surface area (Å²) in [5, 5.41) is 0.585. The number of ether oxygens (including phenoxy) is 3. The number of thioether (sulfide) groups is 1. The number of aromatic nitrogens is 1. The predicted octanol–water partition coefficient (Wildman–Crippen LogP) is 1.49. The highest BCUT2D eigenvalue weighted by atomic mass is 32.2. The van der Waals surface area contributed by atoms with Gasteiger partial charge in [-0.15, -0.1) is 0 Å². The van der Waals surface area contributed by atoms with Gasteiger partial charge in [-0.3, -0.25) is 0 Å². The molecule has 3 rings (SSSR count). The van der Waals surface area contributed by atoms with Crippen LogP contribution in [-0.2, 0) is 9.47 Å². The van der Waals surface area contributed by atoms with Crippen LogP contribution in [0.5, 0.6) is 5.75 Å². The van der Waals surface area contributed by atoms with Gasteiger partial charge in [-0.05, 0) is 19.4 Å². The fourth-order valence-electron chi connectivity index (χ4n) is 3.07. The quantitative estimate of drug-likeness (QED) is 0.452. The molecule has 0 bridgehead atoms. The minimum atomic E-state index is 0.331. The largest absolute Gasteiger partial charge is 0.486 e. The number of hydrogen-bond acceptors (Lipinski definition) is 8. The lowest BCUT2D eigenvalue weighted by Gasteiger charge is -2.33. The SMILES string of the molecule is COCOCC1C[C@H]2COc3c(S/C(N)=C(/C)N)ccnc3N2C1. The zero-order chi connectivity index (χ0) is 17.1. The number of pyridine rings is 1. The summed E-state index contributed by atoms with van der Waals surface area (Å²) in [7, 11) is 1.63. The average molecular weight is 352 g/mol. The van der Waals surface area contributed by atoms with E-state index in [4.69, 9.17) is 25.7 Å². The van der Waals surface area contributed by atoms with Crippen LogP contribution in [0.2, 0.25) is 0 Å². The van der Waals surface area contributed by atoms with Crippen molar-refractivity contribution in [2.24, 2.45) is 17.4 Å². The molecule has 1 aromatic rings. The fraction of sp³-hybridized carbons (Fsp3) is 0.562. The normalized spacial score (nSPS) is 23.3. The number of rotatable bonds is 6. The Morgan fingerprint density at radius 1 is 1.50 bits per heavy atom. The molecule has 0 spiro atoms. The van der Waals surface area contributed by atoms with Crippen molar-refractivity contribution in [3.8, 4) is 5.75 Å². The van der Waals surface area contributed by atoms with Gasteiger partial charge in [-0.25, -0.2) is 4.98 Å². The van der Waals surface area contributed by atoms with Crippen molar-refractivity contribution in [1.29, 1.82) is 0 Å². The molecule has 24 heavy (non-hydrogen) atoms. The van der Waals surface area contributed by atoms with Crippen LogP contribution in [0.25, 0.3) is 0 Å². The Morgan fingerprint density at radius 3 is 3.08 bits per heavy atom. The lowest BCUT2D eigenvalue weighted by atomic mass is 10.1. The molecule has 2 aliphatic heterocycles. The van der Waals surface area contributed by atoms with Crippen LogP contribution in [0.3, 0.4) is 0 Å². The molecule has 0 radical (unpaired) electrons. The molecule has 0 aromatic carbocycles. The van der Waals surface area contributed by atoms with Crippen molar-refractivity contribution in [3.05, 3.63) is 23.0 Å². The Kier molecular flexibility index (Phi) is 5.37. The zero-order valence-electron chi connectivity index (χ0n) is 14.0. The maximum atomic E-state index is 6.01. The molecule has 2 atom stereocenters. The van der Waals surface area contributed by atoms with Gasteiger partial charge in [0.2, 0.25) is 0 Å². The van der Waals surface area contributed by atoms with Gasteiger partial charge in [0.15, 0.2) is 11.6 Å². The van der Waals surface area contributed by atoms with Crippen molar-refractivity contribution in [2.45, 2.75) is 24.3 Å². The molecule has 8 heteroatoms. The second-order valence-corrected chi connectivity index (χ2v) is 7.19. The van der Waals surface area contributed by atoms with Crippen molar-refractivity contribution < 1.29 is 14.2 Å². The fourth-order valence-corrected chi connectivity index (χ4v) is 3.84. The third kappa shape index (κ3) is 3.55. The lowest BCUT2D eigenvalue weighted by Crippen LogP contribution is -2.39. The summed E-state index contributed by atoms with van der Waals surface area (Å²) in [4.78, 5) is 7.80. The summed E-state index contributed by atoms with van der Waals surface area (Å²) in [5.74, 6) is 2.13. The molecule has 0 aliphatic carbocycles. The summed E-state index contributed by atoms with van der Waals surface area (Å²) in [6.07, 6.45) is 2.83. The molecule has 3 heterocycles. The van der Waals surface area contributed by atoms with E-state index in [-0.39, 0.29) is 0 Å². The highest BCUT2D eigenvalue weighted by Crippen LogP contribution is 2.44. The third-order valence-electron chi connectivity index (χ3n) is 4.21. The van der Waals surface area contributed by atoms with E-state index < -0.39 is 0 Å². The second kappa shape index (κ2) is 7.50. The second-order valence-electron chi connectivity index (χ2n) is 6.11. The molecule has 1 saturated heterocycles. The van der Waals surface area contributed by atoms with Crippen LogP contribution in [-0.4, -0.2) is 44.7 Å². The van der Waals surface area contributed by atoms with Crippen LogP contribution in [0, 0.1) is 5.92 Å². The maximum absolute atomic E-state index is 6.01. The number of nitrogens with two attached hydrogens (primary N) is 2. The third-order valence-corrected chi connectivity index (χ3v) is 5.29. The summed E-state index contributed by atoms with van der Waals surface area (Å²) in [6, 6.07) is 2.25. The number of allylic oxidation sites excluding steroid dienone is 1. The van der Waals surface area contributed by atoms with Crippen LogP contribution >= 0.6 is 11.8 Å². The Morgan fingerprint density at radius 2 is 2.33 bits per heavy atom. The standard InChI is InChI=1S/C16H24N4O3S/c1-10(17)15(18)24-13-3-4-19-16-14(13)23-8-12-5-11(6-20(12)16)7-22-9-21-2/h3-4,11-12H,5-9,17-18H2,1-2H3/b15-10-/t11?,12-/m0/s1. The van der Waals surface area contributed by atoms with E-state index in [1.54, 1.807) is 20.2 Å². The van der Waals surface area contributed by atoms with Crippen molar-refractivity contribution in [2.75, 3.05) is 38.6 Å². The van der Waals surface area contributed by atoms with Gasteiger partial charge < -0.3 is 30.6 Å². The summed E-state index contributed by atoms with van der Waals surface area (Å²) in [5.41, 5.74) is 12.3.